The third-order valence-electron chi connectivity index (χ3n) is 4.67. The Bertz CT molecular complexity index is 904. The summed E-state index contributed by atoms with van der Waals surface area (Å²) in [7, 11) is 3.31. The van der Waals surface area contributed by atoms with Gasteiger partial charge in [-0.3, -0.25) is 4.98 Å². The highest BCUT2D eigenvalue weighted by atomic mass is 16.5. The predicted molar refractivity (Wildman–Crippen MR) is 101 cm³/mol. The number of anilines is 1. The molecule has 0 radical (unpaired) electrons. The van der Waals surface area contributed by atoms with Crippen LogP contribution in [0.1, 0.15) is 5.69 Å². The Kier molecular flexibility index (Phi) is 5.17. The topological polar surface area (TPSA) is 74.0 Å². The molecule has 1 saturated heterocycles. The fraction of sp³-hybridized carbons (Fsp3) is 0.421. The van der Waals surface area contributed by atoms with Crippen molar-refractivity contribution >= 4 is 11.3 Å². The number of nitrogens with zero attached hydrogens (tertiary/aromatic N) is 5. The van der Waals surface area contributed by atoms with Gasteiger partial charge in [-0.2, -0.15) is 10.1 Å². The summed E-state index contributed by atoms with van der Waals surface area (Å²) in [6, 6.07) is 6.01. The zero-order chi connectivity index (χ0) is 18.6. The number of pyridine rings is 1. The Morgan fingerprint density at radius 1 is 1.15 bits per heavy atom. The van der Waals surface area contributed by atoms with E-state index >= 15 is 0 Å². The molecular weight excluding hydrogens is 346 g/mol. The van der Waals surface area contributed by atoms with Crippen molar-refractivity contribution in [1.82, 2.24) is 19.6 Å². The second-order valence-electron chi connectivity index (χ2n) is 6.30. The zero-order valence-electron chi connectivity index (χ0n) is 15.6. The van der Waals surface area contributed by atoms with E-state index in [2.05, 4.69) is 15.0 Å². The molecule has 27 heavy (non-hydrogen) atoms. The molecule has 1 aliphatic rings. The van der Waals surface area contributed by atoms with Crippen molar-refractivity contribution < 1.29 is 14.2 Å². The molecule has 0 saturated carbocycles. The van der Waals surface area contributed by atoms with Gasteiger partial charge in [0.15, 0.2) is 5.65 Å². The van der Waals surface area contributed by atoms with E-state index in [1.54, 1.807) is 20.4 Å². The summed E-state index contributed by atoms with van der Waals surface area (Å²) in [5, 5.41) is 4.52. The first kappa shape index (κ1) is 17.7. The molecule has 0 atom stereocenters. The van der Waals surface area contributed by atoms with E-state index in [4.69, 9.17) is 19.2 Å². The first-order chi connectivity index (χ1) is 13.3. The van der Waals surface area contributed by atoms with Gasteiger partial charge in [-0.05, 0) is 18.2 Å². The minimum atomic E-state index is 0.537. The van der Waals surface area contributed by atoms with Gasteiger partial charge in [0.25, 0.3) is 0 Å². The maximum Gasteiger partial charge on any atom is 0.242 e. The van der Waals surface area contributed by atoms with Gasteiger partial charge in [-0.25, -0.2) is 4.52 Å². The largest absolute Gasteiger partial charge is 0.479 e. The lowest BCUT2D eigenvalue weighted by molar-refractivity contribution is 0.123. The molecule has 4 rings (SSSR count). The van der Waals surface area contributed by atoms with Crippen molar-refractivity contribution in [3.63, 3.8) is 0 Å². The van der Waals surface area contributed by atoms with Crippen LogP contribution in [0.3, 0.4) is 0 Å². The molecule has 1 aliphatic heterocycles. The van der Waals surface area contributed by atoms with Crippen molar-refractivity contribution in [2.24, 2.45) is 0 Å². The first-order valence-corrected chi connectivity index (χ1v) is 9.00. The number of hydrogen-bond acceptors (Lipinski definition) is 7. The summed E-state index contributed by atoms with van der Waals surface area (Å²) in [6.45, 7) is 3.74. The average molecular weight is 369 g/mol. The third kappa shape index (κ3) is 3.45. The summed E-state index contributed by atoms with van der Waals surface area (Å²) < 4.78 is 18.0. The average Bonchev–Trinajstić information content (AvgIpc) is 3.12. The summed E-state index contributed by atoms with van der Waals surface area (Å²) in [5.41, 5.74) is 4.49. The highest BCUT2D eigenvalue weighted by molar-refractivity contribution is 5.76. The Balaban J connectivity index is 1.76. The number of methoxy groups -OCH3 is 2. The van der Waals surface area contributed by atoms with Crippen LogP contribution in [0.5, 0.6) is 5.88 Å². The molecule has 3 aromatic rings. The maximum absolute atomic E-state index is 5.56. The molecule has 0 aromatic carbocycles. The quantitative estimate of drug-likeness (QED) is 0.656. The molecule has 3 aromatic heterocycles. The standard InChI is InChI=1S/C19H23N5O3/c1-25-10-6-15-4-3-14(13-20-15)17-19(26-2)22-18-16(5-7-21-24(17)18)23-8-11-27-12-9-23/h3-5,7,13H,6,8-12H2,1-2H3. The molecule has 0 N–H and O–H groups in total. The molecule has 1 fully saturated rings. The second-order valence-corrected chi connectivity index (χ2v) is 6.30. The summed E-state index contributed by atoms with van der Waals surface area (Å²) in [5.74, 6) is 0.537. The number of aromatic nitrogens is 4. The SMILES string of the molecule is COCCc1ccc(-c2c(OC)nc3c(N4CCOCC4)ccnn23)cn1. The lowest BCUT2D eigenvalue weighted by Gasteiger charge is -2.28. The number of morpholine rings is 1. The molecule has 0 unspecified atom stereocenters. The lowest BCUT2D eigenvalue weighted by Crippen LogP contribution is -2.36. The van der Waals surface area contributed by atoms with Gasteiger partial charge in [0.2, 0.25) is 5.88 Å². The highest BCUT2D eigenvalue weighted by Crippen LogP contribution is 2.33. The van der Waals surface area contributed by atoms with E-state index in [0.29, 0.717) is 25.7 Å². The molecule has 0 aliphatic carbocycles. The Labute approximate surface area is 157 Å². The maximum atomic E-state index is 5.56. The minimum Gasteiger partial charge on any atom is -0.479 e. The molecule has 4 heterocycles. The van der Waals surface area contributed by atoms with E-state index < -0.39 is 0 Å². The smallest absolute Gasteiger partial charge is 0.242 e. The first-order valence-electron chi connectivity index (χ1n) is 9.00. The molecule has 8 nitrogen and oxygen atoms in total. The van der Waals surface area contributed by atoms with Crippen LogP contribution in [-0.2, 0) is 15.9 Å². The van der Waals surface area contributed by atoms with Crippen LogP contribution in [0.15, 0.2) is 30.6 Å². The fourth-order valence-electron chi connectivity index (χ4n) is 3.27. The van der Waals surface area contributed by atoms with Crippen molar-refractivity contribution in [3.8, 4) is 17.1 Å². The van der Waals surface area contributed by atoms with Crippen LogP contribution in [0.4, 0.5) is 5.69 Å². The molecule has 0 amide bonds. The van der Waals surface area contributed by atoms with Crippen LogP contribution in [0.25, 0.3) is 16.9 Å². The monoisotopic (exact) mass is 369 g/mol. The second kappa shape index (κ2) is 7.89. The lowest BCUT2D eigenvalue weighted by atomic mass is 10.2. The predicted octanol–water partition coefficient (Wildman–Crippen LogP) is 1.83. The van der Waals surface area contributed by atoms with E-state index in [9.17, 15) is 0 Å². The number of hydrogen-bond donors (Lipinski definition) is 0. The Hall–Kier alpha value is -2.71. The van der Waals surface area contributed by atoms with Gasteiger partial charge in [0.05, 0.1) is 38.8 Å². The molecule has 142 valence electrons. The van der Waals surface area contributed by atoms with E-state index in [-0.39, 0.29) is 0 Å². The van der Waals surface area contributed by atoms with E-state index in [0.717, 1.165) is 47.8 Å². The zero-order valence-corrected chi connectivity index (χ0v) is 15.6. The van der Waals surface area contributed by atoms with E-state index in [1.165, 1.54) is 0 Å². The van der Waals surface area contributed by atoms with Gasteiger partial charge in [0.1, 0.15) is 5.69 Å². The number of ether oxygens (including phenoxy) is 3. The Morgan fingerprint density at radius 2 is 2.00 bits per heavy atom. The highest BCUT2D eigenvalue weighted by Gasteiger charge is 2.22. The van der Waals surface area contributed by atoms with E-state index in [1.807, 2.05) is 28.9 Å². The van der Waals surface area contributed by atoms with Crippen molar-refractivity contribution in [1.29, 1.82) is 0 Å². The summed E-state index contributed by atoms with van der Waals surface area (Å²) >= 11 is 0. The number of imidazole rings is 1. The van der Waals surface area contributed by atoms with Crippen LogP contribution in [-0.4, -0.2) is 66.7 Å². The minimum absolute atomic E-state index is 0.537. The van der Waals surface area contributed by atoms with Gasteiger partial charge in [-0.1, -0.05) is 0 Å². The summed E-state index contributed by atoms with van der Waals surface area (Å²) in [6.07, 6.45) is 4.41. The van der Waals surface area contributed by atoms with Crippen LogP contribution in [0.2, 0.25) is 0 Å². The number of fused-ring (bicyclic) bond motifs is 1. The van der Waals surface area contributed by atoms with Gasteiger partial charge in [0, 0.05) is 44.1 Å². The van der Waals surface area contributed by atoms with Gasteiger partial charge in [-0.15, -0.1) is 0 Å². The van der Waals surface area contributed by atoms with Crippen molar-refractivity contribution in [2.45, 2.75) is 6.42 Å². The molecule has 8 heteroatoms. The third-order valence-corrected chi connectivity index (χ3v) is 4.67. The van der Waals surface area contributed by atoms with Gasteiger partial charge < -0.3 is 19.1 Å². The molecule has 0 spiro atoms. The van der Waals surface area contributed by atoms with Crippen LogP contribution < -0.4 is 9.64 Å². The molecule has 0 bridgehead atoms. The fourth-order valence-corrected chi connectivity index (χ4v) is 3.27. The normalized spacial score (nSPS) is 14.7. The van der Waals surface area contributed by atoms with Gasteiger partial charge >= 0.3 is 0 Å². The van der Waals surface area contributed by atoms with Crippen molar-refractivity contribution in [2.75, 3.05) is 52.0 Å². The Morgan fingerprint density at radius 3 is 2.70 bits per heavy atom. The summed E-state index contributed by atoms with van der Waals surface area (Å²) in [4.78, 5) is 11.5. The van der Waals surface area contributed by atoms with Crippen LogP contribution in [0, 0.1) is 0 Å². The number of rotatable bonds is 6. The molecular formula is C19H23N5O3. The van der Waals surface area contributed by atoms with Crippen LogP contribution >= 0.6 is 0 Å². The van der Waals surface area contributed by atoms with Crippen molar-refractivity contribution in [3.05, 3.63) is 36.3 Å².